The maximum absolute atomic E-state index is 12.4. The van der Waals surface area contributed by atoms with Crippen LogP contribution in [0.1, 0.15) is 42.6 Å². The van der Waals surface area contributed by atoms with Crippen molar-refractivity contribution in [3.8, 4) is 0 Å². The van der Waals surface area contributed by atoms with Crippen molar-refractivity contribution in [1.29, 1.82) is 0 Å². The average molecular weight is 459 g/mol. The van der Waals surface area contributed by atoms with Gasteiger partial charge in [0.05, 0.1) is 18.8 Å². The number of carbonyl (C=O) groups excluding carboxylic acids is 2. The molecule has 0 fully saturated rings. The van der Waals surface area contributed by atoms with Gasteiger partial charge in [0.15, 0.2) is 10.4 Å². The number of halogens is 1. The van der Waals surface area contributed by atoms with E-state index in [9.17, 15) is 9.59 Å². The highest BCUT2D eigenvalue weighted by molar-refractivity contribution is 9.10. The van der Waals surface area contributed by atoms with Crippen LogP contribution in [0.15, 0.2) is 57.6 Å². The predicted octanol–water partition coefficient (Wildman–Crippen LogP) is 3.95. The van der Waals surface area contributed by atoms with Crippen LogP contribution in [-0.2, 0) is 16.8 Å². The lowest BCUT2D eigenvalue weighted by Gasteiger charge is -2.14. The first-order valence-corrected chi connectivity index (χ1v) is 9.97. The zero-order valence-electron chi connectivity index (χ0n) is 16.5. The molecule has 2 N–H and O–H groups in total. The van der Waals surface area contributed by atoms with Crippen molar-refractivity contribution in [2.75, 3.05) is 11.9 Å². The summed E-state index contributed by atoms with van der Waals surface area (Å²) in [5.41, 5.74) is 1.78. The van der Waals surface area contributed by atoms with E-state index in [2.05, 4.69) is 52.4 Å². The van der Waals surface area contributed by atoms with Gasteiger partial charge in [-0.05, 0) is 33.6 Å². The number of nitrogens with zero attached hydrogens (tertiary/aromatic N) is 2. The third kappa shape index (κ3) is 5.57. The standard InChI is InChI=1S/C21H23BrN4O3/c1-21(2,3)16-11-18(26(25-16)13-14-7-5-4-6-8-14)24-19(27)12-23-20(28)15-9-10-17(22)29-15/h4-11H,12-13H2,1-3H3,(H,23,28)(H,24,27). The van der Waals surface area contributed by atoms with Crippen LogP contribution >= 0.6 is 15.9 Å². The lowest BCUT2D eigenvalue weighted by Crippen LogP contribution is -2.33. The molecule has 0 atom stereocenters. The fraction of sp³-hybridized carbons (Fsp3) is 0.286. The quantitative estimate of drug-likeness (QED) is 0.584. The van der Waals surface area contributed by atoms with E-state index in [0.29, 0.717) is 17.0 Å². The molecular formula is C21H23BrN4O3. The van der Waals surface area contributed by atoms with Crippen LogP contribution in [0.4, 0.5) is 5.82 Å². The van der Waals surface area contributed by atoms with Crippen molar-refractivity contribution in [3.63, 3.8) is 0 Å². The Morgan fingerprint density at radius 2 is 1.86 bits per heavy atom. The molecule has 2 aromatic heterocycles. The molecule has 152 valence electrons. The molecule has 0 saturated heterocycles. The van der Waals surface area contributed by atoms with Crippen molar-refractivity contribution in [2.24, 2.45) is 0 Å². The van der Waals surface area contributed by atoms with Crippen molar-refractivity contribution in [1.82, 2.24) is 15.1 Å². The molecule has 0 aliphatic rings. The van der Waals surface area contributed by atoms with Crippen LogP contribution in [0.5, 0.6) is 0 Å². The molecule has 0 radical (unpaired) electrons. The first-order valence-electron chi connectivity index (χ1n) is 9.18. The predicted molar refractivity (Wildman–Crippen MR) is 114 cm³/mol. The van der Waals surface area contributed by atoms with Gasteiger partial charge in [0.25, 0.3) is 5.91 Å². The first-order chi connectivity index (χ1) is 13.7. The number of aromatic nitrogens is 2. The second kappa shape index (κ2) is 8.65. The van der Waals surface area contributed by atoms with Gasteiger partial charge in [0, 0.05) is 11.5 Å². The largest absolute Gasteiger partial charge is 0.444 e. The Labute approximate surface area is 177 Å². The smallest absolute Gasteiger partial charge is 0.287 e. The number of hydrogen-bond acceptors (Lipinski definition) is 4. The lowest BCUT2D eigenvalue weighted by molar-refractivity contribution is -0.115. The van der Waals surface area contributed by atoms with Gasteiger partial charge in [-0.15, -0.1) is 0 Å². The summed E-state index contributed by atoms with van der Waals surface area (Å²) in [6.07, 6.45) is 0. The molecule has 0 bridgehead atoms. The Morgan fingerprint density at radius 1 is 1.14 bits per heavy atom. The van der Waals surface area contributed by atoms with Gasteiger partial charge in [-0.2, -0.15) is 5.10 Å². The van der Waals surface area contributed by atoms with Gasteiger partial charge in [-0.1, -0.05) is 51.1 Å². The van der Waals surface area contributed by atoms with Gasteiger partial charge >= 0.3 is 0 Å². The van der Waals surface area contributed by atoms with E-state index >= 15 is 0 Å². The van der Waals surface area contributed by atoms with Crippen LogP contribution in [0.2, 0.25) is 0 Å². The zero-order valence-corrected chi connectivity index (χ0v) is 18.1. The second-order valence-electron chi connectivity index (χ2n) is 7.64. The van der Waals surface area contributed by atoms with Crippen molar-refractivity contribution < 1.29 is 14.0 Å². The molecule has 1 aromatic carbocycles. The summed E-state index contributed by atoms with van der Waals surface area (Å²) in [7, 11) is 0. The van der Waals surface area contributed by atoms with Crippen LogP contribution in [0, 0.1) is 0 Å². The third-order valence-corrected chi connectivity index (χ3v) is 4.62. The van der Waals surface area contributed by atoms with Gasteiger partial charge < -0.3 is 15.1 Å². The highest BCUT2D eigenvalue weighted by atomic mass is 79.9. The zero-order chi connectivity index (χ0) is 21.0. The van der Waals surface area contributed by atoms with Crippen molar-refractivity contribution in [3.05, 3.63) is 70.2 Å². The molecule has 0 spiro atoms. The molecule has 8 heteroatoms. The molecule has 2 amide bonds. The number of anilines is 1. The molecule has 2 heterocycles. The summed E-state index contributed by atoms with van der Waals surface area (Å²) in [6, 6.07) is 14.9. The summed E-state index contributed by atoms with van der Waals surface area (Å²) in [5.74, 6) is -0.0924. The van der Waals surface area contributed by atoms with Crippen molar-refractivity contribution >= 4 is 33.6 Å². The number of hydrogen-bond donors (Lipinski definition) is 2. The Hall–Kier alpha value is -2.87. The fourth-order valence-corrected chi connectivity index (χ4v) is 2.94. The molecular weight excluding hydrogens is 436 g/mol. The van der Waals surface area contributed by atoms with Crippen LogP contribution in [-0.4, -0.2) is 28.1 Å². The highest BCUT2D eigenvalue weighted by Crippen LogP contribution is 2.24. The minimum atomic E-state index is -0.459. The number of benzene rings is 1. The lowest BCUT2D eigenvalue weighted by atomic mass is 9.92. The molecule has 7 nitrogen and oxygen atoms in total. The van der Waals surface area contributed by atoms with Gasteiger partial charge in [-0.25, -0.2) is 4.68 Å². The highest BCUT2D eigenvalue weighted by Gasteiger charge is 2.21. The molecule has 3 rings (SSSR count). The number of furan rings is 1. The number of amides is 2. The second-order valence-corrected chi connectivity index (χ2v) is 8.42. The van der Waals surface area contributed by atoms with Crippen LogP contribution in [0.25, 0.3) is 0 Å². The van der Waals surface area contributed by atoms with E-state index in [1.807, 2.05) is 36.4 Å². The van der Waals surface area contributed by atoms with E-state index in [1.54, 1.807) is 10.7 Å². The van der Waals surface area contributed by atoms with Gasteiger partial charge in [0.2, 0.25) is 5.91 Å². The molecule has 0 aliphatic heterocycles. The summed E-state index contributed by atoms with van der Waals surface area (Å²) < 4.78 is 7.39. The van der Waals surface area contributed by atoms with Crippen molar-refractivity contribution in [2.45, 2.75) is 32.7 Å². The SMILES string of the molecule is CC(C)(C)c1cc(NC(=O)CNC(=O)c2ccc(Br)o2)n(Cc2ccccc2)n1. The minimum Gasteiger partial charge on any atom is -0.444 e. The molecule has 0 saturated carbocycles. The maximum Gasteiger partial charge on any atom is 0.287 e. The Bertz CT molecular complexity index is 1000. The Kier molecular flexibility index (Phi) is 6.22. The van der Waals surface area contributed by atoms with E-state index in [4.69, 9.17) is 4.42 Å². The Balaban J connectivity index is 1.70. The van der Waals surface area contributed by atoms with E-state index in [1.165, 1.54) is 6.07 Å². The summed E-state index contributed by atoms with van der Waals surface area (Å²) in [6.45, 7) is 6.54. The van der Waals surface area contributed by atoms with E-state index < -0.39 is 5.91 Å². The summed E-state index contributed by atoms with van der Waals surface area (Å²) in [5, 5.41) is 10.1. The molecule has 0 unspecified atom stereocenters. The molecule has 3 aromatic rings. The molecule has 0 aliphatic carbocycles. The first kappa shape index (κ1) is 20.9. The number of carbonyl (C=O) groups is 2. The summed E-state index contributed by atoms with van der Waals surface area (Å²) in [4.78, 5) is 24.4. The average Bonchev–Trinajstić information content (AvgIpc) is 3.27. The van der Waals surface area contributed by atoms with E-state index in [0.717, 1.165) is 11.3 Å². The maximum atomic E-state index is 12.4. The minimum absolute atomic E-state index is 0.133. The third-order valence-electron chi connectivity index (χ3n) is 4.20. The number of nitrogens with one attached hydrogen (secondary N) is 2. The number of rotatable bonds is 6. The topological polar surface area (TPSA) is 89.2 Å². The fourth-order valence-electron chi connectivity index (χ4n) is 2.63. The molecule has 29 heavy (non-hydrogen) atoms. The van der Waals surface area contributed by atoms with Crippen LogP contribution < -0.4 is 10.6 Å². The van der Waals surface area contributed by atoms with Gasteiger partial charge in [0.1, 0.15) is 5.82 Å². The Morgan fingerprint density at radius 3 is 2.48 bits per heavy atom. The normalized spacial score (nSPS) is 11.3. The van der Waals surface area contributed by atoms with E-state index in [-0.39, 0.29) is 23.6 Å². The van der Waals surface area contributed by atoms with Gasteiger partial charge in [-0.3, -0.25) is 9.59 Å². The van der Waals surface area contributed by atoms with Crippen LogP contribution in [0.3, 0.4) is 0 Å². The summed E-state index contributed by atoms with van der Waals surface area (Å²) >= 11 is 3.14. The monoisotopic (exact) mass is 458 g/mol.